The SMILES string of the molecule is O=C(Nc1nc2c(s1)CN(C(=O)c1ccc(F)c(F)c1)CC2)c1ccsc1. The monoisotopic (exact) mass is 405 g/mol. The fourth-order valence-electron chi connectivity index (χ4n) is 2.80. The van der Waals surface area contributed by atoms with Crippen LogP contribution in [0.3, 0.4) is 0 Å². The van der Waals surface area contributed by atoms with Crippen LogP contribution in [-0.2, 0) is 13.0 Å². The first-order chi connectivity index (χ1) is 13.0. The van der Waals surface area contributed by atoms with E-state index in [9.17, 15) is 18.4 Å². The van der Waals surface area contributed by atoms with Gasteiger partial charge in [0.05, 0.1) is 17.8 Å². The lowest BCUT2D eigenvalue weighted by atomic mass is 10.1. The van der Waals surface area contributed by atoms with Gasteiger partial charge in [-0.1, -0.05) is 11.3 Å². The summed E-state index contributed by atoms with van der Waals surface area (Å²) in [6.45, 7) is 0.742. The standard InChI is InChI=1S/C18H13F2N3O2S2/c19-12-2-1-10(7-13(12)20)17(25)23-5-3-14-15(8-23)27-18(21-14)22-16(24)11-4-6-26-9-11/h1-2,4,6-7,9H,3,5,8H2,(H,21,22,24). The van der Waals surface area contributed by atoms with E-state index in [0.717, 1.165) is 22.7 Å². The zero-order valence-corrected chi connectivity index (χ0v) is 15.5. The smallest absolute Gasteiger partial charge is 0.258 e. The van der Waals surface area contributed by atoms with Gasteiger partial charge in [0.15, 0.2) is 16.8 Å². The number of fused-ring (bicyclic) bond motifs is 1. The highest BCUT2D eigenvalue weighted by atomic mass is 32.1. The van der Waals surface area contributed by atoms with Gasteiger partial charge in [0.25, 0.3) is 11.8 Å². The molecule has 2 aromatic heterocycles. The first kappa shape index (κ1) is 17.7. The molecule has 27 heavy (non-hydrogen) atoms. The largest absolute Gasteiger partial charge is 0.333 e. The summed E-state index contributed by atoms with van der Waals surface area (Å²) in [7, 11) is 0. The van der Waals surface area contributed by atoms with Crippen LogP contribution in [0.5, 0.6) is 0 Å². The van der Waals surface area contributed by atoms with Crippen LogP contribution in [-0.4, -0.2) is 28.2 Å². The van der Waals surface area contributed by atoms with Crippen LogP contribution in [0.2, 0.25) is 0 Å². The molecule has 0 unspecified atom stereocenters. The molecule has 3 aromatic rings. The fourth-order valence-corrected chi connectivity index (χ4v) is 4.45. The number of benzene rings is 1. The molecule has 1 aliphatic heterocycles. The molecular weight excluding hydrogens is 392 g/mol. The van der Waals surface area contributed by atoms with Crippen LogP contribution < -0.4 is 5.32 Å². The molecular formula is C18H13F2N3O2S2. The highest BCUT2D eigenvalue weighted by Crippen LogP contribution is 2.29. The Morgan fingerprint density at radius 1 is 1.15 bits per heavy atom. The number of aromatic nitrogens is 1. The molecule has 3 heterocycles. The summed E-state index contributed by atoms with van der Waals surface area (Å²) in [5, 5.41) is 6.83. The van der Waals surface area contributed by atoms with Gasteiger partial charge >= 0.3 is 0 Å². The second kappa shape index (κ2) is 7.16. The highest BCUT2D eigenvalue weighted by Gasteiger charge is 2.26. The highest BCUT2D eigenvalue weighted by molar-refractivity contribution is 7.16. The Morgan fingerprint density at radius 2 is 2.00 bits per heavy atom. The molecule has 0 saturated carbocycles. The van der Waals surface area contributed by atoms with E-state index in [2.05, 4.69) is 10.3 Å². The van der Waals surface area contributed by atoms with Gasteiger partial charge in [-0.25, -0.2) is 13.8 Å². The minimum atomic E-state index is -1.05. The molecule has 2 amide bonds. The molecule has 1 aliphatic rings. The molecule has 0 fully saturated rings. The first-order valence-electron chi connectivity index (χ1n) is 8.07. The van der Waals surface area contributed by atoms with E-state index in [1.165, 1.54) is 28.7 Å². The minimum absolute atomic E-state index is 0.104. The van der Waals surface area contributed by atoms with Gasteiger partial charge in [-0.15, -0.1) is 0 Å². The second-order valence-corrected chi connectivity index (χ2v) is 7.82. The van der Waals surface area contributed by atoms with Gasteiger partial charge in [-0.3, -0.25) is 14.9 Å². The number of rotatable bonds is 3. The van der Waals surface area contributed by atoms with E-state index in [-0.39, 0.29) is 17.4 Å². The Kier molecular flexibility index (Phi) is 4.71. The lowest BCUT2D eigenvalue weighted by molar-refractivity contribution is 0.0735. The fraction of sp³-hybridized carbons (Fsp3) is 0.167. The van der Waals surface area contributed by atoms with Gasteiger partial charge in [0, 0.05) is 28.8 Å². The molecule has 5 nitrogen and oxygen atoms in total. The van der Waals surface area contributed by atoms with E-state index in [1.807, 2.05) is 5.38 Å². The average Bonchev–Trinajstić information content (AvgIpc) is 3.32. The third kappa shape index (κ3) is 3.60. The van der Waals surface area contributed by atoms with Crippen LogP contribution in [0.25, 0.3) is 0 Å². The summed E-state index contributed by atoms with van der Waals surface area (Å²) >= 11 is 2.75. The number of thiazole rings is 1. The van der Waals surface area contributed by atoms with Crippen LogP contribution in [0.4, 0.5) is 13.9 Å². The van der Waals surface area contributed by atoms with E-state index >= 15 is 0 Å². The van der Waals surface area contributed by atoms with Crippen molar-refractivity contribution in [2.75, 3.05) is 11.9 Å². The molecule has 0 spiro atoms. The normalized spacial score (nSPS) is 13.3. The molecule has 1 N–H and O–H groups in total. The van der Waals surface area contributed by atoms with Crippen molar-refractivity contribution in [3.8, 4) is 0 Å². The summed E-state index contributed by atoms with van der Waals surface area (Å²) in [6, 6.07) is 4.86. The van der Waals surface area contributed by atoms with E-state index in [1.54, 1.807) is 16.3 Å². The van der Waals surface area contributed by atoms with Gasteiger partial charge in [-0.2, -0.15) is 11.3 Å². The second-order valence-electron chi connectivity index (χ2n) is 5.96. The van der Waals surface area contributed by atoms with Crippen LogP contribution >= 0.6 is 22.7 Å². The zero-order chi connectivity index (χ0) is 19.0. The first-order valence-corrected chi connectivity index (χ1v) is 9.83. The molecule has 0 bridgehead atoms. The summed E-state index contributed by atoms with van der Waals surface area (Å²) in [6.07, 6.45) is 0.537. The van der Waals surface area contributed by atoms with Crippen molar-refractivity contribution in [1.82, 2.24) is 9.88 Å². The Bertz CT molecular complexity index is 1020. The topological polar surface area (TPSA) is 62.3 Å². The number of carbonyl (C=O) groups is 2. The van der Waals surface area contributed by atoms with Crippen molar-refractivity contribution >= 4 is 39.6 Å². The molecule has 0 radical (unpaired) electrons. The number of amides is 2. The Balaban J connectivity index is 1.48. The molecule has 9 heteroatoms. The van der Waals surface area contributed by atoms with Crippen molar-refractivity contribution in [3.05, 3.63) is 68.4 Å². The quantitative estimate of drug-likeness (QED) is 0.718. The maximum absolute atomic E-state index is 13.4. The number of hydrogen-bond acceptors (Lipinski definition) is 5. The van der Waals surface area contributed by atoms with E-state index in [4.69, 9.17) is 0 Å². The molecule has 0 aliphatic carbocycles. The van der Waals surface area contributed by atoms with Crippen LogP contribution in [0, 0.1) is 11.6 Å². The maximum atomic E-state index is 13.4. The van der Waals surface area contributed by atoms with Crippen molar-refractivity contribution in [1.29, 1.82) is 0 Å². The van der Waals surface area contributed by atoms with E-state index in [0.29, 0.717) is 30.2 Å². The maximum Gasteiger partial charge on any atom is 0.258 e. The van der Waals surface area contributed by atoms with Gasteiger partial charge in [0.1, 0.15) is 0 Å². The summed E-state index contributed by atoms with van der Waals surface area (Å²) < 4.78 is 26.5. The third-order valence-corrected chi connectivity index (χ3v) is 5.87. The number of nitrogens with one attached hydrogen (secondary N) is 1. The number of hydrogen-bond donors (Lipinski definition) is 1. The Labute approximate surface area is 161 Å². The molecule has 0 atom stereocenters. The lowest BCUT2D eigenvalue weighted by Gasteiger charge is -2.26. The van der Waals surface area contributed by atoms with Crippen molar-refractivity contribution in [3.63, 3.8) is 0 Å². The summed E-state index contributed by atoms with van der Waals surface area (Å²) in [5.41, 5.74) is 1.52. The predicted molar refractivity (Wildman–Crippen MR) is 99.2 cm³/mol. The average molecular weight is 405 g/mol. The molecule has 0 saturated heterocycles. The minimum Gasteiger partial charge on any atom is -0.333 e. The molecule has 4 rings (SSSR count). The summed E-state index contributed by atoms with van der Waals surface area (Å²) in [5.74, 6) is -2.62. The Hall–Kier alpha value is -2.65. The molecule has 138 valence electrons. The van der Waals surface area contributed by atoms with Gasteiger partial charge in [0.2, 0.25) is 0 Å². The summed E-state index contributed by atoms with van der Waals surface area (Å²) in [4.78, 5) is 31.6. The Morgan fingerprint density at radius 3 is 2.74 bits per heavy atom. The van der Waals surface area contributed by atoms with E-state index < -0.39 is 11.6 Å². The number of nitrogens with zero attached hydrogens (tertiary/aromatic N) is 2. The lowest BCUT2D eigenvalue weighted by Crippen LogP contribution is -2.35. The van der Waals surface area contributed by atoms with Crippen LogP contribution in [0.1, 0.15) is 31.3 Å². The molecule has 1 aromatic carbocycles. The predicted octanol–water partition coefficient (Wildman–Crippen LogP) is 3.93. The van der Waals surface area contributed by atoms with Crippen molar-refractivity contribution in [2.45, 2.75) is 13.0 Å². The number of anilines is 1. The third-order valence-electron chi connectivity index (χ3n) is 4.19. The van der Waals surface area contributed by atoms with Crippen molar-refractivity contribution < 1.29 is 18.4 Å². The van der Waals surface area contributed by atoms with Crippen molar-refractivity contribution in [2.24, 2.45) is 0 Å². The number of carbonyl (C=O) groups excluding carboxylic acids is 2. The van der Waals surface area contributed by atoms with Gasteiger partial charge in [-0.05, 0) is 29.6 Å². The zero-order valence-electron chi connectivity index (χ0n) is 13.9. The van der Waals surface area contributed by atoms with Crippen LogP contribution in [0.15, 0.2) is 35.0 Å². The number of thiophene rings is 1. The van der Waals surface area contributed by atoms with Gasteiger partial charge < -0.3 is 4.90 Å². The number of halogens is 2.